The number of nitrogens with zero attached hydrogens (tertiary/aromatic N) is 3. The molecule has 0 aromatic rings. The number of carbonyl (C=O) groups is 5. The molecule has 1 rings (SSSR count). The van der Waals surface area contributed by atoms with Crippen molar-refractivity contribution >= 4 is 30.1 Å². The van der Waals surface area contributed by atoms with Crippen molar-refractivity contribution in [2.75, 3.05) is 14.1 Å². The number of hydrogen-bond acceptors (Lipinski definition) is 8. The van der Waals surface area contributed by atoms with Gasteiger partial charge in [-0.2, -0.15) is 0 Å². The molecule has 5 amide bonds. The minimum absolute atomic E-state index is 0.260. The number of urea groups is 1. The zero-order valence-corrected chi connectivity index (χ0v) is 18.3. The van der Waals surface area contributed by atoms with Gasteiger partial charge in [-0.05, 0) is 48.0 Å². The molecule has 1 saturated heterocycles. The van der Waals surface area contributed by atoms with Gasteiger partial charge in [0.1, 0.15) is 11.2 Å². The van der Waals surface area contributed by atoms with E-state index < -0.39 is 46.8 Å². The minimum Gasteiger partial charge on any atom is -0.442 e. The summed E-state index contributed by atoms with van der Waals surface area (Å²) in [7, 11) is 2.30. The predicted octanol–water partition coefficient (Wildman–Crippen LogP) is 2.29. The lowest BCUT2D eigenvalue weighted by Crippen LogP contribution is -2.74. The van der Waals surface area contributed by atoms with E-state index >= 15 is 0 Å². The highest BCUT2D eigenvalue weighted by atomic mass is 16.8. The van der Waals surface area contributed by atoms with Crippen LogP contribution in [0.25, 0.3) is 0 Å². The molecule has 1 aliphatic heterocycles. The van der Waals surface area contributed by atoms with E-state index in [0.717, 1.165) is 14.1 Å². The smallest absolute Gasteiger partial charge is 0.442 e. The van der Waals surface area contributed by atoms with Gasteiger partial charge >= 0.3 is 18.3 Å². The average Bonchev–Trinajstić information content (AvgIpc) is 2.55. The van der Waals surface area contributed by atoms with Gasteiger partial charge in [0.05, 0.1) is 0 Å². The Morgan fingerprint density at radius 1 is 0.897 bits per heavy atom. The number of barbiturate groups is 1. The van der Waals surface area contributed by atoms with Crippen LogP contribution in [0.15, 0.2) is 0 Å². The topological polar surface area (TPSA) is 123 Å². The summed E-state index contributed by atoms with van der Waals surface area (Å²) >= 11 is 0. The summed E-state index contributed by atoms with van der Waals surface area (Å²) in [6.45, 7) is 10.8. The van der Waals surface area contributed by atoms with Crippen LogP contribution < -0.4 is 0 Å². The maximum atomic E-state index is 13.0. The lowest BCUT2D eigenvalue weighted by atomic mass is 9.90. The van der Waals surface area contributed by atoms with Crippen molar-refractivity contribution < 1.29 is 38.3 Å². The zero-order chi connectivity index (χ0) is 22.9. The molecule has 0 aromatic carbocycles. The van der Waals surface area contributed by atoms with Gasteiger partial charge in [-0.25, -0.2) is 14.4 Å². The molecule has 29 heavy (non-hydrogen) atoms. The Labute approximate surface area is 169 Å². The number of imide groups is 2. The van der Waals surface area contributed by atoms with Crippen molar-refractivity contribution in [3.63, 3.8) is 0 Å². The fourth-order valence-electron chi connectivity index (χ4n) is 2.58. The fraction of sp³-hybridized carbons (Fsp3) is 0.722. The molecule has 1 aliphatic rings. The predicted molar refractivity (Wildman–Crippen MR) is 99.4 cm³/mol. The molecule has 1 fully saturated rings. The van der Waals surface area contributed by atoms with E-state index in [1.54, 1.807) is 41.5 Å². The zero-order valence-electron chi connectivity index (χ0n) is 18.3. The Balaban J connectivity index is 3.52. The summed E-state index contributed by atoms with van der Waals surface area (Å²) in [5, 5.41) is 0.260. The van der Waals surface area contributed by atoms with E-state index in [1.807, 2.05) is 0 Å². The number of hydrogen-bond donors (Lipinski definition) is 0. The number of amides is 5. The summed E-state index contributed by atoms with van der Waals surface area (Å²) in [6, 6.07) is -0.884. The van der Waals surface area contributed by atoms with Gasteiger partial charge in [-0.1, -0.05) is 6.92 Å². The SMILES string of the molecule is CCC1(N(OC(=O)OC(C)(C)C)C(=O)OC(C)(C)C)C(=O)N(C)C(=O)N(C)C1=O. The van der Waals surface area contributed by atoms with Gasteiger partial charge in [0, 0.05) is 14.1 Å². The standard InChI is InChI=1S/C18H29N3O8/c1-10-18(11(22)19(8)13(24)20(9)12(18)23)21(14(25)27-16(2,3)4)29-15(26)28-17(5,6)7/h10H2,1-9H3. The Bertz CT molecular complexity index is 696. The molecule has 0 aliphatic carbocycles. The summed E-state index contributed by atoms with van der Waals surface area (Å²) in [5.74, 6) is -2.08. The van der Waals surface area contributed by atoms with E-state index in [9.17, 15) is 24.0 Å². The van der Waals surface area contributed by atoms with Crippen molar-refractivity contribution in [1.29, 1.82) is 0 Å². The van der Waals surface area contributed by atoms with E-state index in [4.69, 9.17) is 14.3 Å². The average molecular weight is 415 g/mol. The van der Waals surface area contributed by atoms with Crippen molar-refractivity contribution in [3.05, 3.63) is 0 Å². The molecule has 0 saturated carbocycles. The second-order valence-corrected chi connectivity index (χ2v) is 8.56. The van der Waals surface area contributed by atoms with Gasteiger partial charge < -0.3 is 9.47 Å². The Kier molecular flexibility index (Phi) is 6.57. The van der Waals surface area contributed by atoms with Crippen LogP contribution in [-0.4, -0.2) is 75.8 Å². The third kappa shape index (κ3) is 4.96. The van der Waals surface area contributed by atoms with Crippen LogP contribution in [0.3, 0.4) is 0 Å². The summed E-state index contributed by atoms with van der Waals surface area (Å²) < 4.78 is 10.3. The molecule has 0 atom stereocenters. The third-order valence-corrected chi connectivity index (χ3v) is 3.86. The van der Waals surface area contributed by atoms with E-state index in [2.05, 4.69) is 0 Å². The Hall–Kier alpha value is -2.85. The highest BCUT2D eigenvalue weighted by Gasteiger charge is 2.62. The van der Waals surface area contributed by atoms with Crippen LogP contribution in [-0.2, 0) is 23.9 Å². The van der Waals surface area contributed by atoms with Crippen molar-refractivity contribution in [3.8, 4) is 0 Å². The van der Waals surface area contributed by atoms with Crippen LogP contribution in [0.2, 0.25) is 0 Å². The van der Waals surface area contributed by atoms with Crippen molar-refractivity contribution in [1.82, 2.24) is 14.9 Å². The molecule has 0 bridgehead atoms. The normalized spacial score (nSPS) is 17.2. The quantitative estimate of drug-likeness (QED) is 0.382. The van der Waals surface area contributed by atoms with E-state index in [-0.39, 0.29) is 11.5 Å². The lowest BCUT2D eigenvalue weighted by Gasteiger charge is -2.44. The molecule has 0 N–H and O–H groups in total. The minimum atomic E-state index is -2.34. The molecule has 0 unspecified atom stereocenters. The lowest BCUT2D eigenvalue weighted by molar-refractivity contribution is -0.203. The van der Waals surface area contributed by atoms with Gasteiger partial charge in [0.15, 0.2) is 0 Å². The van der Waals surface area contributed by atoms with Gasteiger partial charge in [0.2, 0.25) is 5.54 Å². The number of carbonyl (C=O) groups excluding carboxylic acids is 5. The van der Waals surface area contributed by atoms with Crippen LogP contribution in [0, 0.1) is 0 Å². The van der Waals surface area contributed by atoms with Crippen LogP contribution in [0.5, 0.6) is 0 Å². The highest BCUT2D eigenvalue weighted by Crippen LogP contribution is 2.32. The first-order chi connectivity index (χ1) is 13.0. The van der Waals surface area contributed by atoms with E-state index in [0.29, 0.717) is 9.80 Å². The number of rotatable bonds is 2. The molecular weight excluding hydrogens is 386 g/mol. The molecule has 11 nitrogen and oxygen atoms in total. The first-order valence-corrected chi connectivity index (χ1v) is 9.02. The second kappa shape index (κ2) is 7.88. The highest BCUT2D eigenvalue weighted by molar-refractivity contribution is 6.22. The largest absolute Gasteiger partial charge is 0.534 e. The van der Waals surface area contributed by atoms with Crippen LogP contribution in [0.1, 0.15) is 54.9 Å². The maximum Gasteiger partial charge on any atom is 0.534 e. The first kappa shape index (κ1) is 24.2. The van der Waals surface area contributed by atoms with Crippen LogP contribution in [0.4, 0.5) is 14.4 Å². The Morgan fingerprint density at radius 2 is 1.31 bits per heavy atom. The molecular formula is C18H29N3O8. The van der Waals surface area contributed by atoms with E-state index in [1.165, 1.54) is 6.92 Å². The summed E-state index contributed by atoms with van der Waals surface area (Å²) in [4.78, 5) is 69.6. The molecule has 0 aromatic heterocycles. The van der Waals surface area contributed by atoms with Gasteiger partial charge in [0.25, 0.3) is 11.8 Å². The molecule has 11 heteroatoms. The third-order valence-electron chi connectivity index (χ3n) is 3.86. The second-order valence-electron chi connectivity index (χ2n) is 8.56. The maximum absolute atomic E-state index is 13.0. The first-order valence-electron chi connectivity index (χ1n) is 9.02. The van der Waals surface area contributed by atoms with Gasteiger partial charge in [-0.3, -0.25) is 24.2 Å². The van der Waals surface area contributed by atoms with Crippen molar-refractivity contribution in [2.45, 2.75) is 71.6 Å². The molecule has 164 valence electrons. The Morgan fingerprint density at radius 3 is 1.66 bits per heavy atom. The molecule has 0 spiro atoms. The molecule has 0 radical (unpaired) electrons. The van der Waals surface area contributed by atoms with Gasteiger partial charge in [-0.15, -0.1) is 5.06 Å². The summed E-state index contributed by atoms with van der Waals surface area (Å²) in [6.07, 6.45) is -2.88. The van der Waals surface area contributed by atoms with Crippen molar-refractivity contribution in [2.24, 2.45) is 0 Å². The number of likely N-dealkylation sites (N-methyl/N-ethyl adjacent to an activating group) is 2. The number of hydroxylamine groups is 2. The molecule has 1 heterocycles. The number of ether oxygens (including phenoxy) is 2. The summed E-state index contributed by atoms with van der Waals surface area (Å²) in [5.41, 5.74) is -4.34. The van der Waals surface area contributed by atoms with Crippen LogP contribution >= 0.6 is 0 Å². The fourth-order valence-corrected chi connectivity index (χ4v) is 2.58. The monoisotopic (exact) mass is 415 g/mol.